The SMILES string of the molecule is O=C(Nc1cccc(C(F)(F)F)c1)N1CCC2(C=C(c3ccc(C(F)(F)F)cc3)NO2)CC1. The van der Waals surface area contributed by atoms with Crippen LogP contribution in [0, 0.1) is 0 Å². The number of benzene rings is 2. The second kappa shape index (κ2) is 8.29. The third kappa shape index (κ3) is 5.08. The second-order valence-electron chi connectivity index (χ2n) is 7.90. The largest absolute Gasteiger partial charge is 0.416 e. The molecule has 0 bridgehead atoms. The van der Waals surface area contributed by atoms with E-state index in [-0.39, 0.29) is 18.8 Å². The number of carbonyl (C=O) groups is 1. The Bertz CT molecular complexity index is 1060. The van der Waals surface area contributed by atoms with E-state index in [1.54, 1.807) is 6.08 Å². The Morgan fingerprint density at radius 2 is 1.58 bits per heavy atom. The second-order valence-corrected chi connectivity index (χ2v) is 7.90. The molecule has 2 aliphatic heterocycles. The van der Waals surface area contributed by atoms with E-state index in [0.29, 0.717) is 24.1 Å². The molecule has 0 aromatic heterocycles. The zero-order chi connectivity index (χ0) is 23.9. The molecule has 0 aliphatic carbocycles. The molecule has 0 radical (unpaired) electrons. The van der Waals surface area contributed by atoms with Crippen LogP contribution in [-0.4, -0.2) is 29.6 Å². The van der Waals surface area contributed by atoms with Gasteiger partial charge in [-0.25, -0.2) is 4.79 Å². The fourth-order valence-corrected chi connectivity index (χ4v) is 3.77. The molecule has 11 heteroatoms. The van der Waals surface area contributed by atoms with Gasteiger partial charge in [-0.3, -0.25) is 10.3 Å². The molecule has 176 valence electrons. The summed E-state index contributed by atoms with van der Waals surface area (Å²) in [4.78, 5) is 19.7. The number of halogens is 6. The van der Waals surface area contributed by atoms with Crippen LogP contribution in [0.2, 0.25) is 0 Å². The van der Waals surface area contributed by atoms with E-state index in [0.717, 1.165) is 24.3 Å². The van der Waals surface area contributed by atoms with Gasteiger partial charge in [0.25, 0.3) is 0 Å². The Balaban J connectivity index is 1.37. The Morgan fingerprint density at radius 3 is 2.18 bits per heavy atom. The van der Waals surface area contributed by atoms with Crippen molar-refractivity contribution in [1.29, 1.82) is 0 Å². The highest BCUT2D eigenvalue weighted by atomic mass is 19.4. The molecule has 4 rings (SSSR count). The molecule has 33 heavy (non-hydrogen) atoms. The minimum atomic E-state index is -4.51. The van der Waals surface area contributed by atoms with Crippen molar-refractivity contribution in [1.82, 2.24) is 10.4 Å². The summed E-state index contributed by atoms with van der Waals surface area (Å²) < 4.78 is 76.8. The minimum absolute atomic E-state index is 0.0402. The first kappa shape index (κ1) is 23.0. The zero-order valence-electron chi connectivity index (χ0n) is 17.1. The van der Waals surface area contributed by atoms with Gasteiger partial charge in [-0.05, 0) is 42.0 Å². The van der Waals surface area contributed by atoms with E-state index in [1.807, 2.05) is 0 Å². The molecule has 0 unspecified atom stereocenters. The molecule has 0 saturated carbocycles. The molecule has 2 aromatic rings. The lowest BCUT2D eigenvalue weighted by molar-refractivity contribution is -0.138. The molecule has 2 aromatic carbocycles. The number of nitrogens with one attached hydrogen (secondary N) is 2. The lowest BCUT2D eigenvalue weighted by Crippen LogP contribution is -2.48. The predicted octanol–water partition coefficient (Wildman–Crippen LogP) is 5.67. The third-order valence-electron chi connectivity index (χ3n) is 5.63. The summed E-state index contributed by atoms with van der Waals surface area (Å²) in [5.41, 5.74) is 1.52. The topological polar surface area (TPSA) is 53.6 Å². The number of urea groups is 1. The van der Waals surface area contributed by atoms with Crippen molar-refractivity contribution >= 4 is 17.4 Å². The number of alkyl halides is 6. The van der Waals surface area contributed by atoms with Crippen LogP contribution >= 0.6 is 0 Å². The minimum Gasteiger partial charge on any atom is -0.324 e. The molecule has 2 heterocycles. The van der Waals surface area contributed by atoms with Crippen molar-refractivity contribution in [3.05, 3.63) is 71.3 Å². The normalized spacial score (nSPS) is 18.1. The standard InChI is InChI=1S/C22H19F6N3O2/c23-21(24,25)15-6-4-14(5-7-15)18-13-20(33-30-18)8-10-31(11-9-20)19(32)29-17-3-1-2-16(12-17)22(26,27)28/h1-7,12-13,30H,8-11H2,(H,29,32). The van der Waals surface area contributed by atoms with Crippen molar-refractivity contribution < 1.29 is 36.0 Å². The summed E-state index contributed by atoms with van der Waals surface area (Å²) in [5, 5.41) is 2.48. The van der Waals surface area contributed by atoms with Crippen LogP contribution in [0.5, 0.6) is 0 Å². The quantitative estimate of drug-likeness (QED) is 0.556. The number of amides is 2. The maximum atomic E-state index is 12.9. The Hall–Kier alpha value is -3.21. The fraction of sp³-hybridized carbons (Fsp3) is 0.318. The number of nitrogens with zero attached hydrogens (tertiary/aromatic N) is 1. The first-order valence-electron chi connectivity index (χ1n) is 10.0. The average molecular weight is 471 g/mol. The van der Waals surface area contributed by atoms with Crippen LogP contribution in [0.15, 0.2) is 54.6 Å². The summed E-state index contributed by atoms with van der Waals surface area (Å²) in [6.45, 7) is 0.562. The fourth-order valence-electron chi connectivity index (χ4n) is 3.77. The van der Waals surface area contributed by atoms with Gasteiger partial charge in [0, 0.05) is 31.6 Å². The number of carbonyl (C=O) groups excluding carboxylic acids is 1. The van der Waals surface area contributed by atoms with Gasteiger partial charge in [-0.15, -0.1) is 0 Å². The van der Waals surface area contributed by atoms with Gasteiger partial charge < -0.3 is 10.2 Å². The van der Waals surface area contributed by atoms with Crippen molar-refractivity contribution in [3.8, 4) is 0 Å². The molecule has 0 atom stereocenters. The van der Waals surface area contributed by atoms with Crippen LogP contribution < -0.4 is 10.8 Å². The number of likely N-dealkylation sites (tertiary alicyclic amines) is 1. The van der Waals surface area contributed by atoms with Crippen LogP contribution in [-0.2, 0) is 17.2 Å². The number of anilines is 1. The number of hydrogen-bond donors (Lipinski definition) is 2. The van der Waals surface area contributed by atoms with Crippen molar-refractivity contribution in [2.75, 3.05) is 18.4 Å². The van der Waals surface area contributed by atoms with Gasteiger partial charge in [0.1, 0.15) is 5.60 Å². The van der Waals surface area contributed by atoms with E-state index >= 15 is 0 Å². The van der Waals surface area contributed by atoms with Gasteiger partial charge in [-0.2, -0.15) is 26.3 Å². The Morgan fingerprint density at radius 1 is 0.939 bits per heavy atom. The van der Waals surface area contributed by atoms with Gasteiger partial charge in [0.15, 0.2) is 0 Å². The van der Waals surface area contributed by atoms with Gasteiger partial charge in [0.2, 0.25) is 0 Å². The Kier molecular flexibility index (Phi) is 5.77. The van der Waals surface area contributed by atoms with E-state index < -0.39 is 35.1 Å². The van der Waals surface area contributed by atoms with Crippen molar-refractivity contribution in [3.63, 3.8) is 0 Å². The molecule has 1 saturated heterocycles. The van der Waals surface area contributed by atoms with Gasteiger partial charge >= 0.3 is 18.4 Å². The first-order chi connectivity index (χ1) is 15.5. The average Bonchev–Trinajstić information content (AvgIpc) is 3.17. The third-order valence-corrected chi connectivity index (χ3v) is 5.63. The van der Waals surface area contributed by atoms with Crippen LogP contribution in [0.3, 0.4) is 0 Å². The molecule has 1 spiro atoms. The van der Waals surface area contributed by atoms with Crippen LogP contribution in [0.25, 0.3) is 5.70 Å². The highest BCUT2D eigenvalue weighted by Crippen LogP contribution is 2.36. The molecular weight excluding hydrogens is 452 g/mol. The smallest absolute Gasteiger partial charge is 0.324 e. The van der Waals surface area contributed by atoms with Gasteiger partial charge in [-0.1, -0.05) is 18.2 Å². The number of hydroxylamine groups is 1. The molecular formula is C22H19F6N3O2. The highest BCUT2D eigenvalue weighted by Gasteiger charge is 2.40. The summed E-state index contributed by atoms with van der Waals surface area (Å²) in [5.74, 6) is 0. The number of rotatable bonds is 2. The Labute approximate surface area is 185 Å². The molecule has 2 N–H and O–H groups in total. The first-order valence-corrected chi connectivity index (χ1v) is 10.0. The summed E-state index contributed by atoms with van der Waals surface area (Å²) in [6.07, 6.45) is -6.34. The highest BCUT2D eigenvalue weighted by molar-refractivity contribution is 5.89. The summed E-state index contributed by atoms with van der Waals surface area (Å²) in [6, 6.07) is 8.53. The summed E-state index contributed by atoms with van der Waals surface area (Å²) in [7, 11) is 0. The maximum absolute atomic E-state index is 12.9. The van der Waals surface area contributed by atoms with Crippen molar-refractivity contribution in [2.24, 2.45) is 0 Å². The number of piperidine rings is 1. The zero-order valence-corrected chi connectivity index (χ0v) is 17.1. The molecule has 5 nitrogen and oxygen atoms in total. The van der Waals surface area contributed by atoms with E-state index in [4.69, 9.17) is 4.84 Å². The lowest BCUT2D eigenvalue weighted by atomic mass is 9.90. The van der Waals surface area contributed by atoms with Gasteiger partial charge in [0.05, 0.1) is 16.8 Å². The molecule has 2 aliphatic rings. The maximum Gasteiger partial charge on any atom is 0.416 e. The summed E-state index contributed by atoms with van der Waals surface area (Å²) >= 11 is 0. The predicted molar refractivity (Wildman–Crippen MR) is 108 cm³/mol. The molecule has 1 fully saturated rings. The van der Waals surface area contributed by atoms with E-state index in [1.165, 1.54) is 29.2 Å². The van der Waals surface area contributed by atoms with E-state index in [2.05, 4.69) is 10.8 Å². The van der Waals surface area contributed by atoms with E-state index in [9.17, 15) is 31.1 Å². The monoisotopic (exact) mass is 471 g/mol. The van der Waals surface area contributed by atoms with Crippen LogP contribution in [0.1, 0.15) is 29.5 Å². The molecule has 2 amide bonds. The van der Waals surface area contributed by atoms with Crippen molar-refractivity contribution in [2.45, 2.75) is 30.8 Å². The number of hydrogen-bond acceptors (Lipinski definition) is 3. The lowest BCUT2D eigenvalue weighted by Gasteiger charge is -2.36. The van der Waals surface area contributed by atoms with Crippen LogP contribution in [0.4, 0.5) is 36.8 Å².